The molecule has 0 bridgehead atoms. The first-order chi connectivity index (χ1) is 9.13. The van der Waals surface area contributed by atoms with Gasteiger partial charge >= 0.3 is 0 Å². The Bertz CT molecular complexity index is 640. The minimum absolute atomic E-state index is 0.0706. The van der Waals surface area contributed by atoms with Gasteiger partial charge in [-0.3, -0.25) is 4.79 Å². The van der Waals surface area contributed by atoms with E-state index >= 15 is 0 Å². The maximum Gasteiger partial charge on any atom is 0.220 e. The first kappa shape index (κ1) is 12.1. The molecule has 96 valence electrons. The SMILES string of the molecule is Nc1ncc2c(n1)C[C@@H](c1ccc(Cl)cc1)CC2=O. The minimum atomic E-state index is 0.0706. The number of fused-ring (bicyclic) bond motifs is 1. The highest BCUT2D eigenvalue weighted by molar-refractivity contribution is 6.30. The number of carbonyl (C=O) groups excluding carboxylic acids is 1. The predicted molar refractivity (Wildman–Crippen MR) is 73.3 cm³/mol. The summed E-state index contributed by atoms with van der Waals surface area (Å²) in [6, 6.07) is 7.59. The van der Waals surface area contributed by atoms with Crippen molar-refractivity contribution < 1.29 is 4.79 Å². The van der Waals surface area contributed by atoms with Crippen LogP contribution < -0.4 is 5.73 Å². The van der Waals surface area contributed by atoms with Crippen molar-refractivity contribution in [1.82, 2.24) is 9.97 Å². The first-order valence-corrected chi connectivity index (χ1v) is 6.41. The number of Topliss-reactive ketones (excluding diaryl/α,β-unsaturated/α-hetero) is 1. The van der Waals surface area contributed by atoms with Crippen LogP contribution in [0.15, 0.2) is 30.5 Å². The number of ketones is 1. The van der Waals surface area contributed by atoms with Crippen LogP contribution in [-0.2, 0) is 6.42 Å². The molecule has 0 amide bonds. The van der Waals surface area contributed by atoms with Gasteiger partial charge in [-0.05, 0) is 30.0 Å². The van der Waals surface area contributed by atoms with E-state index in [4.69, 9.17) is 17.3 Å². The Hall–Kier alpha value is -1.94. The number of hydrogen-bond donors (Lipinski definition) is 1. The zero-order valence-electron chi connectivity index (χ0n) is 10.1. The van der Waals surface area contributed by atoms with Crippen LogP contribution >= 0.6 is 11.6 Å². The van der Waals surface area contributed by atoms with Crippen molar-refractivity contribution in [2.75, 3.05) is 5.73 Å². The van der Waals surface area contributed by atoms with Crippen LogP contribution in [0.1, 0.15) is 34.0 Å². The second kappa shape index (κ2) is 4.63. The van der Waals surface area contributed by atoms with Gasteiger partial charge in [-0.25, -0.2) is 9.97 Å². The smallest absolute Gasteiger partial charge is 0.220 e. The summed E-state index contributed by atoms with van der Waals surface area (Å²) in [6.45, 7) is 0. The lowest BCUT2D eigenvalue weighted by Gasteiger charge is -2.23. The Morgan fingerprint density at radius 3 is 2.68 bits per heavy atom. The van der Waals surface area contributed by atoms with Crippen LogP contribution in [-0.4, -0.2) is 15.8 Å². The molecule has 0 saturated heterocycles. The van der Waals surface area contributed by atoms with E-state index in [1.165, 1.54) is 6.20 Å². The monoisotopic (exact) mass is 273 g/mol. The molecule has 1 aliphatic carbocycles. The molecule has 0 spiro atoms. The lowest BCUT2D eigenvalue weighted by atomic mass is 9.82. The highest BCUT2D eigenvalue weighted by Crippen LogP contribution is 2.32. The summed E-state index contributed by atoms with van der Waals surface area (Å²) in [4.78, 5) is 20.2. The normalized spacial score (nSPS) is 18.2. The van der Waals surface area contributed by atoms with Gasteiger partial charge < -0.3 is 5.73 Å². The number of halogens is 1. The van der Waals surface area contributed by atoms with E-state index in [1.807, 2.05) is 24.3 Å². The maximum atomic E-state index is 12.1. The van der Waals surface area contributed by atoms with Gasteiger partial charge in [0.05, 0.1) is 11.3 Å². The summed E-state index contributed by atoms with van der Waals surface area (Å²) in [5.41, 5.74) is 8.01. The molecule has 0 radical (unpaired) electrons. The number of nitrogens with two attached hydrogens (primary N) is 1. The van der Waals surface area contributed by atoms with Crippen LogP contribution in [0, 0.1) is 0 Å². The van der Waals surface area contributed by atoms with E-state index in [2.05, 4.69) is 9.97 Å². The summed E-state index contributed by atoms with van der Waals surface area (Å²) >= 11 is 5.88. The summed E-state index contributed by atoms with van der Waals surface area (Å²) in [7, 11) is 0. The number of hydrogen-bond acceptors (Lipinski definition) is 4. The summed E-state index contributed by atoms with van der Waals surface area (Å²) in [5.74, 6) is 0.413. The molecular formula is C14H12ClN3O. The molecule has 0 unspecified atom stereocenters. The van der Waals surface area contributed by atoms with E-state index in [9.17, 15) is 4.79 Å². The van der Waals surface area contributed by atoms with Crippen LogP contribution in [0.2, 0.25) is 5.02 Å². The quantitative estimate of drug-likeness (QED) is 0.867. The molecule has 0 aliphatic heterocycles. The third-order valence-corrected chi connectivity index (χ3v) is 3.65. The largest absolute Gasteiger partial charge is 0.368 e. The van der Waals surface area contributed by atoms with Gasteiger partial charge in [-0.1, -0.05) is 23.7 Å². The topological polar surface area (TPSA) is 68.9 Å². The van der Waals surface area contributed by atoms with Crippen LogP contribution in [0.5, 0.6) is 0 Å². The molecule has 2 aromatic rings. The molecule has 1 heterocycles. The predicted octanol–water partition coefficient (Wildman–Crippen LogP) is 2.62. The van der Waals surface area contributed by atoms with Crippen molar-refractivity contribution in [3.8, 4) is 0 Å². The molecule has 1 aliphatic rings. The Kier molecular flexibility index (Phi) is 2.95. The van der Waals surface area contributed by atoms with Gasteiger partial charge in [0.25, 0.3) is 0 Å². The lowest BCUT2D eigenvalue weighted by Crippen LogP contribution is -2.21. The molecule has 1 aromatic heterocycles. The molecule has 2 N–H and O–H groups in total. The second-order valence-corrected chi connectivity index (χ2v) is 5.10. The third-order valence-electron chi connectivity index (χ3n) is 3.40. The van der Waals surface area contributed by atoms with Gasteiger partial charge in [0.1, 0.15) is 0 Å². The van der Waals surface area contributed by atoms with Gasteiger partial charge in [0, 0.05) is 17.6 Å². The molecule has 0 saturated carbocycles. The zero-order chi connectivity index (χ0) is 13.4. The maximum absolute atomic E-state index is 12.1. The number of carbonyl (C=O) groups is 1. The Labute approximate surface area is 115 Å². The fourth-order valence-electron chi connectivity index (χ4n) is 2.43. The third kappa shape index (κ3) is 2.31. The Balaban J connectivity index is 1.96. The van der Waals surface area contributed by atoms with E-state index in [1.54, 1.807) is 0 Å². The number of aromatic nitrogens is 2. The molecule has 1 aromatic carbocycles. The number of benzene rings is 1. The minimum Gasteiger partial charge on any atom is -0.368 e. The van der Waals surface area contributed by atoms with Crippen molar-refractivity contribution in [3.05, 3.63) is 52.3 Å². The van der Waals surface area contributed by atoms with Gasteiger partial charge in [0.2, 0.25) is 5.95 Å². The molecule has 19 heavy (non-hydrogen) atoms. The highest BCUT2D eigenvalue weighted by Gasteiger charge is 2.27. The highest BCUT2D eigenvalue weighted by atomic mass is 35.5. The van der Waals surface area contributed by atoms with E-state index < -0.39 is 0 Å². The summed E-state index contributed by atoms with van der Waals surface area (Å²) in [6.07, 6.45) is 2.70. The summed E-state index contributed by atoms with van der Waals surface area (Å²) < 4.78 is 0. The number of nitrogen functional groups attached to an aromatic ring is 1. The van der Waals surface area contributed by atoms with Gasteiger partial charge in [-0.2, -0.15) is 0 Å². The fraction of sp³-hybridized carbons (Fsp3) is 0.214. The van der Waals surface area contributed by atoms with Crippen molar-refractivity contribution in [2.24, 2.45) is 0 Å². The fourth-order valence-corrected chi connectivity index (χ4v) is 2.56. The Morgan fingerprint density at radius 1 is 1.21 bits per heavy atom. The molecule has 4 nitrogen and oxygen atoms in total. The van der Waals surface area contributed by atoms with E-state index in [-0.39, 0.29) is 17.6 Å². The molecule has 1 atom stereocenters. The van der Waals surface area contributed by atoms with Gasteiger partial charge in [-0.15, -0.1) is 0 Å². The number of nitrogens with zero attached hydrogens (tertiary/aromatic N) is 2. The van der Waals surface area contributed by atoms with Crippen LogP contribution in [0.25, 0.3) is 0 Å². The summed E-state index contributed by atoms with van der Waals surface area (Å²) in [5, 5.41) is 0.692. The Morgan fingerprint density at radius 2 is 1.95 bits per heavy atom. The average Bonchev–Trinajstić information content (AvgIpc) is 2.38. The number of rotatable bonds is 1. The average molecular weight is 274 g/mol. The zero-order valence-corrected chi connectivity index (χ0v) is 10.9. The van der Waals surface area contributed by atoms with E-state index in [0.29, 0.717) is 23.4 Å². The van der Waals surface area contributed by atoms with Crippen LogP contribution in [0.3, 0.4) is 0 Å². The number of anilines is 1. The van der Waals surface area contributed by atoms with Gasteiger partial charge in [0.15, 0.2) is 5.78 Å². The first-order valence-electron chi connectivity index (χ1n) is 6.03. The van der Waals surface area contributed by atoms with Crippen molar-refractivity contribution in [1.29, 1.82) is 0 Å². The van der Waals surface area contributed by atoms with Crippen molar-refractivity contribution in [3.63, 3.8) is 0 Å². The molecule has 0 fully saturated rings. The van der Waals surface area contributed by atoms with Crippen molar-refractivity contribution in [2.45, 2.75) is 18.8 Å². The molecular weight excluding hydrogens is 262 g/mol. The molecule has 5 heteroatoms. The molecule has 3 rings (SSSR count). The second-order valence-electron chi connectivity index (χ2n) is 4.67. The van der Waals surface area contributed by atoms with E-state index in [0.717, 1.165) is 11.3 Å². The standard InChI is InChI=1S/C14H12ClN3O/c15-10-3-1-8(2-4-10)9-5-12-11(13(19)6-9)7-17-14(16)18-12/h1-4,7,9H,5-6H2,(H2,16,17,18)/t9-/m1/s1. The van der Waals surface area contributed by atoms with Crippen molar-refractivity contribution >= 4 is 23.3 Å². The lowest BCUT2D eigenvalue weighted by molar-refractivity contribution is 0.0963. The van der Waals surface area contributed by atoms with Crippen LogP contribution in [0.4, 0.5) is 5.95 Å².